The molecule has 0 amide bonds. The molecule has 0 saturated carbocycles. The van der Waals surface area contributed by atoms with Gasteiger partial charge in [-0.3, -0.25) is 0 Å². The summed E-state index contributed by atoms with van der Waals surface area (Å²) in [4.78, 5) is 6.81. The molecular formula is C17H29N3O. The van der Waals surface area contributed by atoms with Crippen LogP contribution in [0, 0.1) is 0 Å². The van der Waals surface area contributed by atoms with Crippen molar-refractivity contribution in [3.63, 3.8) is 0 Å². The maximum absolute atomic E-state index is 5.56. The third-order valence-electron chi connectivity index (χ3n) is 3.92. The van der Waals surface area contributed by atoms with Crippen molar-refractivity contribution in [3.8, 4) is 0 Å². The number of pyridine rings is 1. The van der Waals surface area contributed by atoms with Gasteiger partial charge in [-0.05, 0) is 58.2 Å². The van der Waals surface area contributed by atoms with Gasteiger partial charge in [0.05, 0.1) is 6.10 Å². The Balaban J connectivity index is 1.55. The van der Waals surface area contributed by atoms with Crippen LogP contribution in [0.4, 0.5) is 5.82 Å². The molecular weight excluding hydrogens is 262 g/mol. The standard InChI is InChI=1S/C17H29N3O/c1-15(2)21-14-6-5-10-18-16-8-12-20(13-9-16)17-7-3-4-11-19-17/h3-4,7,11,15-16,18H,5-6,8-10,12-14H2,1-2H3. The Bertz CT molecular complexity index is 375. The van der Waals surface area contributed by atoms with E-state index in [9.17, 15) is 0 Å². The fourth-order valence-electron chi connectivity index (χ4n) is 2.71. The zero-order valence-electron chi connectivity index (χ0n) is 13.4. The van der Waals surface area contributed by atoms with Crippen LogP contribution in [0.5, 0.6) is 0 Å². The van der Waals surface area contributed by atoms with E-state index in [1.54, 1.807) is 0 Å². The molecule has 1 aromatic rings. The highest BCUT2D eigenvalue weighted by atomic mass is 16.5. The molecule has 1 fully saturated rings. The first kappa shape index (κ1) is 16.2. The SMILES string of the molecule is CC(C)OCCCCNC1CCN(c2ccccn2)CC1. The predicted molar refractivity (Wildman–Crippen MR) is 87.8 cm³/mol. The molecule has 2 heterocycles. The lowest BCUT2D eigenvalue weighted by Crippen LogP contribution is -2.43. The Morgan fingerprint density at radius 3 is 2.76 bits per heavy atom. The van der Waals surface area contributed by atoms with Gasteiger partial charge in [0, 0.05) is 31.9 Å². The third-order valence-corrected chi connectivity index (χ3v) is 3.92. The number of aromatic nitrogens is 1. The van der Waals surface area contributed by atoms with E-state index >= 15 is 0 Å². The average molecular weight is 291 g/mol. The zero-order valence-corrected chi connectivity index (χ0v) is 13.4. The molecule has 0 aromatic carbocycles. The summed E-state index contributed by atoms with van der Waals surface area (Å²) >= 11 is 0. The smallest absolute Gasteiger partial charge is 0.128 e. The normalized spacial score (nSPS) is 16.6. The quantitative estimate of drug-likeness (QED) is 0.747. The van der Waals surface area contributed by atoms with E-state index in [1.807, 2.05) is 12.3 Å². The van der Waals surface area contributed by atoms with Crippen molar-refractivity contribution in [2.75, 3.05) is 31.1 Å². The van der Waals surface area contributed by atoms with E-state index in [-0.39, 0.29) is 0 Å². The van der Waals surface area contributed by atoms with Crippen molar-refractivity contribution in [3.05, 3.63) is 24.4 Å². The molecule has 0 spiro atoms. The van der Waals surface area contributed by atoms with Crippen LogP contribution in [0.3, 0.4) is 0 Å². The molecule has 1 aliphatic heterocycles. The van der Waals surface area contributed by atoms with Crippen LogP contribution >= 0.6 is 0 Å². The van der Waals surface area contributed by atoms with Gasteiger partial charge in [0.15, 0.2) is 0 Å². The van der Waals surface area contributed by atoms with Gasteiger partial charge in [-0.2, -0.15) is 0 Å². The second-order valence-corrected chi connectivity index (χ2v) is 6.03. The molecule has 4 nitrogen and oxygen atoms in total. The summed E-state index contributed by atoms with van der Waals surface area (Å²) in [5, 5.41) is 3.68. The lowest BCUT2D eigenvalue weighted by atomic mass is 10.0. The minimum absolute atomic E-state index is 0.355. The van der Waals surface area contributed by atoms with Crippen molar-refractivity contribution >= 4 is 5.82 Å². The molecule has 0 unspecified atom stereocenters. The second kappa shape index (κ2) is 9.00. The molecule has 1 aromatic heterocycles. The monoisotopic (exact) mass is 291 g/mol. The summed E-state index contributed by atoms with van der Waals surface area (Å²) in [6, 6.07) is 6.80. The molecule has 1 aliphatic rings. The Kier molecular flexibility index (Phi) is 6.96. The molecule has 0 aliphatic carbocycles. The van der Waals surface area contributed by atoms with E-state index in [4.69, 9.17) is 4.74 Å². The number of nitrogens with one attached hydrogen (secondary N) is 1. The van der Waals surface area contributed by atoms with Gasteiger partial charge in [-0.25, -0.2) is 4.98 Å². The molecule has 2 rings (SSSR count). The third kappa shape index (κ3) is 6.02. The van der Waals surface area contributed by atoms with Crippen LogP contribution < -0.4 is 10.2 Å². The maximum atomic E-state index is 5.56. The van der Waals surface area contributed by atoms with Crippen molar-refractivity contribution in [2.24, 2.45) is 0 Å². The first-order chi connectivity index (χ1) is 10.3. The van der Waals surface area contributed by atoms with Gasteiger partial charge in [-0.1, -0.05) is 6.07 Å². The van der Waals surface area contributed by atoms with Crippen LogP contribution in [-0.2, 0) is 4.74 Å². The van der Waals surface area contributed by atoms with E-state index in [0.29, 0.717) is 12.1 Å². The summed E-state index contributed by atoms with van der Waals surface area (Å²) in [6.07, 6.45) is 7.00. The topological polar surface area (TPSA) is 37.4 Å². The fraction of sp³-hybridized carbons (Fsp3) is 0.706. The van der Waals surface area contributed by atoms with Crippen LogP contribution in [0.25, 0.3) is 0 Å². The Hall–Kier alpha value is -1.13. The van der Waals surface area contributed by atoms with Gasteiger partial charge < -0.3 is 15.0 Å². The highest BCUT2D eigenvalue weighted by Crippen LogP contribution is 2.17. The van der Waals surface area contributed by atoms with E-state index < -0.39 is 0 Å². The van der Waals surface area contributed by atoms with E-state index in [2.05, 4.69) is 41.2 Å². The summed E-state index contributed by atoms with van der Waals surface area (Å²) in [5.74, 6) is 1.11. The van der Waals surface area contributed by atoms with E-state index in [1.165, 1.54) is 19.3 Å². The van der Waals surface area contributed by atoms with Crippen molar-refractivity contribution < 1.29 is 4.74 Å². The molecule has 4 heteroatoms. The minimum atomic E-state index is 0.355. The lowest BCUT2D eigenvalue weighted by molar-refractivity contribution is 0.0759. The summed E-state index contributed by atoms with van der Waals surface area (Å²) in [6.45, 7) is 8.38. The number of hydrogen-bond donors (Lipinski definition) is 1. The minimum Gasteiger partial charge on any atom is -0.379 e. The average Bonchev–Trinajstić information content (AvgIpc) is 2.52. The van der Waals surface area contributed by atoms with Crippen LogP contribution in [0.15, 0.2) is 24.4 Å². The molecule has 1 saturated heterocycles. The zero-order chi connectivity index (χ0) is 14.9. The number of rotatable bonds is 8. The van der Waals surface area contributed by atoms with E-state index in [0.717, 1.165) is 38.5 Å². The largest absolute Gasteiger partial charge is 0.379 e. The first-order valence-electron chi connectivity index (χ1n) is 8.26. The molecule has 0 bridgehead atoms. The number of piperidine rings is 1. The van der Waals surface area contributed by atoms with Crippen LogP contribution in [-0.4, -0.2) is 43.4 Å². The van der Waals surface area contributed by atoms with Gasteiger partial charge >= 0.3 is 0 Å². The lowest BCUT2D eigenvalue weighted by Gasteiger charge is -2.33. The van der Waals surface area contributed by atoms with Crippen LogP contribution in [0.2, 0.25) is 0 Å². The summed E-state index contributed by atoms with van der Waals surface area (Å²) in [7, 11) is 0. The number of ether oxygens (including phenoxy) is 1. The number of nitrogens with zero attached hydrogens (tertiary/aromatic N) is 2. The van der Waals surface area contributed by atoms with Crippen LogP contribution in [0.1, 0.15) is 39.5 Å². The van der Waals surface area contributed by atoms with Gasteiger partial charge in [-0.15, -0.1) is 0 Å². The highest BCUT2D eigenvalue weighted by Gasteiger charge is 2.19. The van der Waals surface area contributed by atoms with Crippen molar-refractivity contribution in [1.82, 2.24) is 10.3 Å². The summed E-state index contributed by atoms with van der Waals surface area (Å²) in [5.41, 5.74) is 0. The molecule has 0 atom stereocenters. The molecule has 21 heavy (non-hydrogen) atoms. The van der Waals surface area contributed by atoms with Crippen molar-refractivity contribution in [2.45, 2.75) is 51.7 Å². The Morgan fingerprint density at radius 2 is 2.10 bits per heavy atom. The number of anilines is 1. The Labute approximate surface area is 128 Å². The van der Waals surface area contributed by atoms with Crippen molar-refractivity contribution in [1.29, 1.82) is 0 Å². The summed E-state index contributed by atoms with van der Waals surface area (Å²) < 4.78 is 5.56. The molecule has 1 N–H and O–H groups in total. The maximum Gasteiger partial charge on any atom is 0.128 e. The Morgan fingerprint density at radius 1 is 1.29 bits per heavy atom. The van der Waals surface area contributed by atoms with Gasteiger partial charge in [0.25, 0.3) is 0 Å². The van der Waals surface area contributed by atoms with Gasteiger partial charge in [0.1, 0.15) is 5.82 Å². The highest BCUT2D eigenvalue weighted by molar-refractivity contribution is 5.38. The molecule has 118 valence electrons. The number of unbranched alkanes of at least 4 members (excludes halogenated alkanes) is 1. The predicted octanol–water partition coefficient (Wildman–Crippen LogP) is 2.85. The fourth-order valence-corrected chi connectivity index (χ4v) is 2.71. The van der Waals surface area contributed by atoms with Gasteiger partial charge in [0.2, 0.25) is 0 Å². The number of hydrogen-bond acceptors (Lipinski definition) is 4. The first-order valence-corrected chi connectivity index (χ1v) is 8.26. The molecule has 0 radical (unpaired) electrons. The second-order valence-electron chi connectivity index (χ2n) is 6.03.